The topological polar surface area (TPSA) is 20.2 Å². The number of aliphatic hydroxyl groups is 1. The summed E-state index contributed by atoms with van der Waals surface area (Å²) in [5, 5.41) is 9.93. The van der Waals surface area contributed by atoms with Gasteiger partial charge in [0.1, 0.15) is 0 Å². The summed E-state index contributed by atoms with van der Waals surface area (Å²) in [6.07, 6.45) is 12.6. The first-order valence-corrected chi connectivity index (χ1v) is 8.92. The smallest absolute Gasteiger partial charge is 0.0543 e. The van der Waals surface area contributed by atoms with Gasteiger partial charge in [0.05, 0.1) is 6.10 Å². The van der Waals surface area contributed by atoms with Gasteiger partial charge in [-0.2, -0.15) is 0 Å². The number of fused-ring (bicyclic) bond motifs is 5. The minimum atomic E-state index is 0.0284. The quantitative estimate of drug-likeness (QED) is 0.692. The molecule has 0 heterocycles. The van der Waals surface area contributed by atoms with Crippen LogP contribution in [0.2, 0.25) is 0 Å². The number of hydrogen-bond donors (Lipinski definition) is 1. The summed E-state index contributed by atoms with van der Waals surface area (Å²) < 4.78 is 0. The van der Waals surface area contributed by atoms with Crippen LogP contribution in [0.5, 0.6) is 0 Å². The molecule has 4 aliphatic rings. The Balaban J connectivity index is 1.53. The SMILES string of the molecule is CC1CCC2C1CCC1C3CCC(O)CC3CCC21. The van der Waals surface area contributed by atoms with Gasteiger partial charge in [-0.3, -0.25) is 0 Å². The van der Waals surface area contributed by atoms with Gasteiger partial charge in [0, 0.05) is 0 Å². The van der Waals surface area contributed by atoms with Crippen LogP contribution in [0.15, 0.2) is 0 Å². The average molecular weight is 262 g/mol. The Bertz CT molecular complexity index is 339. The highest BCUT2D eigenvalue weighted by Gasteiger charge is 2.50. The fourth-order valence-corrected chi connectivity index (χ4v) is 6.78. The van der Waals surface area contributed by atoms with Gasteiger partial charge in [0.2, 0.25) is 0 Å². The summed E-state index contributed by atoms with van der Waals surface area (Å²) in [7, 11) is 0. The molecule has 4 saturated carbocycles. The Morgan fingerprint density at radius 1 is 0.632 bits per heavy atom. The minimum absolute atomic E-state index is 0.0284. The van der Waals surface area contributed by atoms with Crippen LogP contribution in [-0.2, 0) is 0 Å². The molecule has 8 atom stereocenters. The minimum Gasteiger partial charge on any atom is -0.393 e. The Labute approximate surface area is 118 Å². The molecule has 0 spiro atoms. The molecule has 0 amide bonds. The zero-order valence-electron chi connectivity index (χ0n) is 12.4. The maximum atomic E-state index is 9.93. The lowest BCUT2D eigenvalue weighted by molar-refractivity contribution is -0.0489. The molecule has 4 aliphatic carbocycles. The van der Waals surface area contributed by atoms with Gasteiger partial charge in [-0.15, -0.1) is 0 Å². The molecule has 0 aromatic rings. The molecule has 0 aromatic carbocycles. The van der Waals surface area contributed by atoms with Gasteiger partial charge in [-0.05, 0) is 92.8 Å². The van der Waals surface area contributed by atoms with Crippen molar-refractivity contribution in [3.05, 3.63) is 0 Å². The molecule has 0 saturated heterocycles. The first-order valence-electron chi connectivity index (χ1n) is 8.92. The standard InChI is InChI=1S/C18H30O/c1-11-2-5-16-14(11)8-9-17-15-7-4-13(19)10-12(15)3-6-18(16)17/h11-19H,2-10H2,1H3. The van der Waals surface area contributed by atoms with Crippen LogP contribution in [0.3, 0.4) is 0 Å². The van der Waals surface area contributed by atoms with Crippen LogP contribution < -0.4 is 0 Å². The van der Waals surface area contributed by atoms with E-state index in [9.17, 15) is 5.11 Å². The van der Waals surface area contributed by atoms with Crippen LogP contribution in [-0.4, -0.2) is 11.2 Å². The largest absolute Gasteiger partial charge is 0.393 e. The second-order valence-corrected chi connectivity index (χ2v) is 8.26. The van der Waals surface area contributed by atoms with Crippen molar-refractivity contribution < 1.29 is 5.11 Å². The number of rotatable bonds is 0. The van der Waals surface area contributed by atoms with E-state index in [-0.39, 0.29) is 6.10 Å². The van der Waals surface area contributed by atoms with Crippen molar-refractivity contribution >= 4 is 0 Å². The predicted octanol–water partition coefficient (Wildman–Crippen LogP) is 4.25. The molecule has 0 bridgehead atoms. The summed E-state index contributed by atoms with van der Waals surface area (Å²) in [5.41, 5.74) is 0. The molecule has 108 valence electrons. The Kier molecular flexibility index (Phi) is 3.17. The number of hydrogen-bond acceptors (Lipinski definition) is 1. The van der Waals surface area contributed by atoms with E-state index in [4.69, 9.17) is 0 Å². The monoisotopic (exact) mass is 262 g/mol. The zero-order chi connectivity index (χ0) is 13.0. The highest BCUT2D eigenvalue weighted by molar-refractivity contribution is 5.00. The Morgan fingerprint density at radius 3 is 2.11 bits per heavy atom. The summed E-state index contributed by atoms with van der Waals surface area (Å²) in [6.45, 7) is 2.51. The third-order valence-electron chi connectivity index (χ3n) is 7.60. The van der Waals surface area contributed by atoms with E-state index >= 15 is 0 Å². The second kappa shape index (κ2) is 4.76. The summed E-state index contributed by atoms with van der Waals surface area (Å²) >= 11 is 0. The molecular formula is C18H30O. The first-order chi connectivity index (χ1) is 9.24. The van der Waals surface area contributed by atoms with Crippen LogP contribution in [0.25, 0.3) is 0 Å². The maximum Gasteiger partial charge on any atom is 0.0543 e. The van der Waals surface area contributed by atoms with Crippen molar-refractivity contribution in [2.75, 3.05) is 0 Å². The van der Waals surface area contributed by atoms with Crippen LogP contribution in [0.4, 0.5) is 0 Å². The summed E-state index contributed by atoms with van der Waals surface area (Å²) in [6, 6.07) is 0. The van der Waals surface area contributed by atoms with Crippen molar-refractivity contribution in [3.63, 3.8) is 0 Å². The van der Waals surface area contributed by atoms with E-state index in [0.29, 0.717) is 0 Å². The van der Waals surface area contributed by atoms with E-state index in [1.54, 1.807) is 0 Å². The molecule has 1 N–H and O–H groups in total. The molecule has 1 heteroatoms. The van der Waals surface area contributed by atoms with Crippen molar-refractivity contribution in [1.29, 1.82) is 0 Å². The van der Waals surface area contributed by atoms with Gasteiger partial charge in [0.25, 0.3) is 0 Å². The van der Waals surface area contributed by atoms with Crippen LogP contribution >= 0.6 is 0 Å². The van der Waals surface area contributed by atoms with Crippen molar-refractivity contribution in [2.24, 2.45) is 41.4 Å². The van der Waals surface area contributed by atoms with Crippen molar-refractivity contribution in [2.45, 2.75) is 70.8 Å². The predicted molar refractivity (Wildman–Crippen MR) is 77.7 cm³/mol. The first kappa shape index (κ1) is 12.7. The average Bonchev–Trinajstić information content (AvgIpc) is 2.80. The van der Waals surface area contributed by atoms with Crippen LogP contribution in [0, 0.1) is 41.4 Å². The summed E-state index contributed by atoms with van der Waals surface area (Å²) in [4.78, 5) is 0. The molecular weight excluding hydrogens is 232 g/mol. The molecule has 0 aliphatic heterocycles. The van der Waals surface area contributed by atoms with E-state index in [1.165, 1.54) is 44.9 Å². The molecule has 1 nitrogen and oxygen atoms in total. The number of aliphatic hydroxyl groups excluding tert-OH is 1. The third kappa shape index (κ3) is 1.99. The zero-order valence-corrected chi connectivity index (χ0v) is 12.4. The van der Waals surface area contributed by atoms with E-state index in [2.05, 4.69) is 6.92 Å². The summed E-state index contributed by atoms with van der Waals surface area (Å²) in [5.74, 6) is 7.14. The Morgan fingerprint density at radius 2 is 1.21 bits per heavy atom. The fourth-order valence-electron chi connectivity index (χ4n) is 6.78. The highest BCUT2D eigenvalue weighted by atomic mass is 16.3. The van der Waals surface area contributed by atoms with Crippen LogP contribution in [0.1, 0.15) is 64.7 Å². The van der Waals surface area contributed by atoms with Gasteiger partial charge in [-0.25, -0.2) is 0 Å². The van der Waals surface area contributed by atoms with E-state index in [1.807, 2.05) is 0 Å². The second-order valence-electron chi connectivity index (χ2n) is 8.26. The molecule has 4 fully saturated rings. The lowest BCUT2D eigenvalue weighted by Crippen LogP contribution is -2.45. The van der Waals surface area contributed by atoms with E-state index in [0.717, 1.165) is 54.3 Å². The lowest BCUT2D eigenvalue weighted by atomic mass is 9.53. The van der Waals surface area contributed by atoms with Crippen molar-refractivity contribution in [3.8, 4) is 0 Å². The van der Waals surface area contributed by atoms with Gasteiger partial charge in [0.15, 0.2) is 0 Å². The molecule has 0 radical (unpaired) electrons. The third-order valence-corrected chi connectivity index (χ3v) is 7.60. The van der Waals surface area contributed by atoms with Gasteiger partial charge in [-0.1, -0.05) is 13.3 Å². The lowest BCUT2D eigenvalue weighted by Gasteiger charge is -2.52. The molecule has 0 aromatic heterocycles. The molecule has 8 unspecified atom stereocenters. The van der Waals surface area contributed by atoms with E-state index < -0.39 is 0 Å². The normalized spacial score (nSPS) is 57.2. The van der Waals surface area contributed by atoms with Gasteiger partial charge < -0.3 is 5.11 Å². The van der Waals surface area contributed by atoms with Crippen molar-refractivity contribution in [1.82, 2.24) is 0 Å². The molecule has 4 rings (SSSR count). The fraction of sp³-hybridized carbons (Fsp3) is 1.00. The molecule has 19 heavy (non-hydrogen) atoms. The Hall–Kier alpha value is -0.0400. The maximum absolute atomic E-state index is 9.93. The highest BCUT2D eigenvalue weighted by Crippen LogP contribution is 2.58. The van der Waals surface area contributed by atoms with Gasteiger partial charge >= 0.3 is 0 Å².